The van der Waals surface area contributed by atoms with Crippen LogP contribution in [-0.4, -0.2) is 11.1 Å². The topological polar surface area (TPSA) is 65.0 Å². The minimum absolute atomic E-state index is 0.0345. The summed E-state index contributed by atoms with van der Waals surface area (Å²) >= 11 is 3.91. The summed E-state index contributed by atoms with van der Waals surface area (Å²) in [5.74, 6) is -0.295. The monoisotopic (exact) mass is 590 g/mol. The van der Waals surface area contributed by atoms with Gasteiger partial charge in [-0.1, -0.05) is 30.3 Å². The highest BCUT2D eigenvalue weighted by Crippen LogP contribution is 2.40. The van der Waals surface area contributed by atoms with Crippen molar-refractivity contribution in [3.8, 4) is 17.2 Å². The first-order valence-corrected chi connectivity index (χ1v) is 13.2. The zero-order valence-corrected chi connectivity index (χ0v) is 18.2. The molecule has 0 fully saturated rings. The number of carboxylic acid groups (broad SMARTS) is 1. The van der Waals surface area contributed by atoms with Crippen LogP contribution in [0.5, 0.6) is 17.2 Å². The number of rotatable bonds is 8. The number of carboxylic acids is 1. The van der Waals surface area contributed by atoms with E-state index in [1.54, 1.807) is 6.07 Å². The second-order valence-electron chi connectivity index (χ2n) is 4.56. The van der Waals surface area contributed by atoms with Crippen molar-refractivity contribution in [2.45, 2.75) is 13.0 Å². The Balaban J connectivity index is 2.43. The minimum Gasteiger partial charge on any atom is -0.485 e. The summed E-state index contributed by atoms with van der Waals surface area (Å²) in [6.07, 6.45) is -0.327. The molecule has 5 nitrogen and oxygen atoms in total. The number of hydrogen-bond acceptors (Lipinski definition) is 6. The number of aromatic carboxylic acids is 1. The second-order valence-corrected chi connectivity index (χ2v) is 7.31. The normalized spacial score (nSPS) is 11.6. The molecular formula is C15H12I2O5S2. The molecule has 2 aromatic carbocycles. The Labute approximate surface area is 172 Å². The van der Waals surface area contributed by atoms with Gasteiger partial charge in [0, 0.05) is 54.5 Å². The van der Waals surface area contributed by atoms with E-state index in [1.807, 2.05) is 79.7 Å². The van der Waals surface area contributed by atoms with E-state index in [0.717, 1.165) is 24.0 Å². The summed E-state index contributed by atoms with van der Waals surface area (Å²) in [7, 11) is 2.15. The van der Waals surface area contributed by atoms with Gasteiger partial charge < -0.3 is 18.2 Å². The van der Waals surface area contributed by atoms with E-state index in [9.17, 15) is 9.90 Å². The van der Waals surface area contributed by atoms with E-state index in [1.165, 1.54) is 6.07 Å². The summed E-state index contributed by atoms with van der Waals surface area (Å²) < 4.78 is 16.7. The van der Waals surface area contributed by atoms with Crippen LogP contribution in [0.2, 0.25) is 0 Å². The number of carbonyl (C=O) groups is 1. The summed E-state index contributed by atoms with van der Waals surface area (Å²) in [6.45, 7) is 1.86. The first-order valence-electron chi connectivity index (χ1n) is 6.60. The van der Waals surface area contributed by atoms with Crippen LogP contribution in [0.15, 0.2) is 42.5 Å². The van der Waals surface area contributed by atoms with Crippen molar-refractivity contribution in [2.75, 3.05) is 0 Å². The van der Waals surface area contributed by atoms with Crippen LogP contribution in [0.25, 0.3) is 0 Å². The fraction of sp³-hybridized carbons (Fsp3) is 0.133. The van der Waals surface area contributed by atoms with Crippen molar-refractivity contribution in [1.82, 2.24) is 0 Å². The van der Waals surface area contributed by atoms with Gasteiger partial charge in [0.25, 0.3) is 0 Å². The number of ether oxygens (including phenoxy) is 1. The fourth-order valence-electron chi connectivity index (χ4n) is 2.04. The molecule has 1 N–H and O–H groups in total. The molecule has 0 amide bonds. The van der Waals surface area contributed by atoms with E-state index in [-0.39, 0.29) is 23.2 Å². The van der Waals surface area contributed by atoms with Gasteiger partial charge in [0.1, 0.15) is 41.6 Å². The van der Waals surface area contributed by atoms with E-state index in [4.69, 9.17) is 13.1 Å². The largest absolute Gasteiger partial charge is 0.485 e. The molecule has 0 saturated heterocycles. The first kappa shape index (κ1) is 19.8. The van der Waals surface area contributed by atoms with Crippen LogP contribution in [0.3, 0.4) is 0 Å². The first-order chi connectivity index (χ1) is 11.6. The molecule has 2 aromatic rings. The van der Waals surface area contributed by atoms with E-state index < -0.39 is 5.97 Å². The Morgan fingerprint density at radius 1 is 1.08 bits per heavy atom. The van der Waals surface area contributed by atoms with Crippen molar-refractivity contribution < 1.29 is 23.0 Å². The highest BCUT2D eigenvalue weighted by molar-refractivity contribution is 14.2. The molecule has 0 aliphatic rings. The van der Waals surface area contributed by atoms with Gasteiger partial charge in [0.15, 0.2) is 5.75 Å². The van der Waals surface area contributed by atoms with Gasteiger partial charge in [-0.3, -0.25) is 0 Å². The highest BCUT2D eigenvalue weighted by atomic mass is 127. The number of halogens is 2. The lowest BCUT2D eigenvalue weighted by atomic mass is 10.1. The summed E-state index contributed by atoms with van der Waals surface area (Å²) in [4.78, 5) is 11.7. The Kier molecular flexibility index (Phi) is 8.10. The standard InChI is InChI=1S/C15H12I2O5S2/c1-9(10-5-3-2-4-6-10)20-12-7-11(21-23-16)8-13(22-24-17)14(12)15(18)19/h2-9H,1H3,(H,18,19). The molecule has 128 valence electrons. The average molecular weight is 590 g/mol. The summed E-state index contributed by atoms with van der Waals surface area (Å²) in [5.41, 5.74) is 0.905. The van der Waals surface area contributed by atoms with Gasteiger partial charge >= 0.3 is 5.97 Å². The summed E-state index contributed by atoms with van der Waals surface area (Å²) in [5, 5.41) is 9.56. The van der Waals surface area contributed by atoms with E-state index in [2.05, 4.69) is 0 Å². The van der Waals surface area contributed by atoms with E-state index in [0.29, 0.717) is 5.75 Å². The van der Waals surface area contributed by atoms with Gasteiger partial charge in [-0.05, 0) is 12.5 Å². The van der Waals surface area contributed by atoms with Crippen LogP contribution >= 0.6 is 60.8 Å². The van der Waals surface area contributed by atoms with Crippen molar-refractivity contribution in [3.63, 3.8) is 0 Å². The zero-order valence-electron chi connectivity index (χ0n) is 12.3. The maximum Gasteiger partial charge on any atom is 0.343 e. The maximum atomic E-state index is 11.7. The highest BCUT2D eigenvalue weighted by Gasteiger charge is 2.23. The zero-order chi connectivity index (χ0) is 17.5. The molecule has 1 atom stereocenters. The Bertz CT molecular complexity index is 700. The molecule has 0 bridgehead atoms. The Morgan fingerprint density at radius 3 is 2.29 bits per heavy atom. The van der Waals surface area contributed by atoms with Crippen molar-refractivity contribution in [2.24, 2.45) is 0 Å². The lowest BCUT2D eigenvalue weighted by Gasteiger charge is -2.18. The Hall–Kier alpha value is -0.530. The maximum absolute atomic E-state index is 11.7. The van der Waals surface area contributed by atoms with Crippen LogP contribution < -0.4 is 13.1 Å². The number of benzene rings is 2. The van der Waals surface area contributed by atoms with Gasteiger partial charge in [-0.25, -0.2) is 4.79 Å². The molecular weight excluding hydrogens is 578 g/mol. The van der Waals surface area contributed by atoms with E-state index >= 15 is 0 Å². The smallest absolute Gasteiger partial charge is 0.343 e. The van der Waals surface area contributed by atoms with Gasteiger partial charge in [0.2, 0.25) is 0 Å². The van der Waals surface area contributed by atoms with Gasteiger partial charge in [-0.2, -0.15) is 0 Å². The molecule has 0 aliphatic heterocycles. The van der Waals surface area contributed by atoms with Crippen LogP contribution in [0.4, 0.5) is 0 Å². The molecule has 1 unspecified atom stereocenters. The van der Waals surface area contributed by atoms with Gasteiger partial charge in [-0.15, -0.1) is 0 Å². The molecule has 0 saturated carbocycles. The van der Waals surface area contributed by atoms with Crippen LogP contribution in [0, 0.1) is 0 Å². The predicted octanol–water partition coefficient (Wildman–Crippen LogP) is 6.28. The SMILES string of the molecule is CC(Oc1cc(OSI)cc(OSI)c1C(=O)O)c1ccccc1. The van der Waals surface area contributed by atoms with Crippen LogP contribution in [-0.2, 0) is 0 Å². The molecule has 0 aliphatic carbocycles. The molecule has 24 heavy (non-hydrogen) atoms. The lowest BCUT2D eigenvalue weighted by Crippen LogP contribution is -2.09. The second kappa shape index (κ2) is 9.82. The molecule has 0 radical (unpaired) electrons. The number of hydrogen-bond donors (Lipinski definition) is 1. The minimum atomic E-state index is -1.13. The fourth-order valence-corrected chi connectivity index (χ4v) is 3.61. The third-order valence-electron chi connectivity index (χ3n) is 3.08. The molecule has 0 heterocycles. The third kappa shape index (κ3) is 5.23. The molecule has 2 rings (SSSR count). The van der Waals surface area contributed by atoms with Crippen molar-refractivity contribution in [3.05, 3.63) is 53.6 Å². The molecule has 0 spiro atoms. The quantitative estimate of drug-likeness (QED) is 0.287. The molecule has 9 heteroatoms. The predicted molar refractivity (Wildman–Crippen MR) is 113 cm³/mol. The van der Waals surface area contributed by atoms with Crippen LogP contribution in [0.1, 0.15) is 28.9 Å². The molecule has 0 aromatic heterocycles. The summed E-state index contributed by atoms with van der Waals surface area (Å²) in [6, 6.07) is 12.6. The van der Waals surface area contributed by atoms with Crippen molar-refractivity contribution in [1.29, 1.82) is 0 Å². The average Bonchev–Trinajstić information content (AvgIpc) is 2.55. The third-order valence-corrected chi connectivity index (χ3v) is 4.65. The lowest BCUT2D eigenvalue weighted by molar-refractivity contribution is 0.0688. The van der Waals surface area contributed by atoms with Crippen molar-refractivity contribution >= 4 is 66.8 Å². The van der Waals surface area contributed by atoms with Gasteiger partial charge in [0.05, 0.1) is 0 Å². The Morgan fingerprint density at radius 2 is 1.71 bits per heavy atom.